The summed E-state index contributed by atoms with van der Waals surface area (Å²) >= 11 is 0. The van der Waals surface area contributed by atoms with Gasteiger partial charge in [-0.2, -0.15) is 0 Å². The molecule has 0 fully saturated rings. The monoisotopic (exact) mass is 800 g/mol. The van der Waals surface area contributed by atoms with Crippen LogP contribution in [0.3, 0.4) is 0 Å². The zero-order valence-electron chi connectivity index (χ0n) is 33.6. The minimum atomic E-state index is -1.21. The third-order valence-corrected chi connectivity index (χ3v) is 9.40. The van der Waals surface area contributed by atoms with Gasteiger partial charge in [-0.25, -0.2) is 4.79 Å². The van der Waals surface area contributed by atoms with Gasteiger partial charge in [0.25, 0.3) is 0 Å². The van der Waals surface area contributed by atoms with Gasteiger partial charge in [0, 0.05) is 6.54 Å². The van der Waals surface area contributed by atoms with E-state index in [2.05, 4.69) is 31.6 Å². The maximum Gasteiger partial charge on any atom is 0.326 e. The number of nitrogens with two attached hydrogens (primary N) is 7. The number of amides is 5. The number of nitrogens with zero attached hydrogens (tertiary/aromatic N) is 1. The molecule has 0 spiro atoms. The van der Waals surface area contributed by atoms with E-state index in [0.29, 0.717) is 90.4 Å². The first kappa shape index (κ1) is 51.9. The number of unbranched alkanes of at least 4 members (excludes halogenated alkanes) is 4. The summed E-state index contributed by atoms with van der Waals surface area (Å²) < 4.78 is 0. The van der Waals surface area contributed by atoms with Crippen molar-refractivity contribution >= 4 is 41.5 Å². The van der Waals surface area contributed by atoms with Crippen LogP contribution >= 0.6 is 0 Å². The fourth-order valence-electron chi connectivity index (χ4n) is 5.73. The van der Waals surface area contributed by atoms with Gasteiger partial charge in [-0.15, -0.1) is 0 Å². The summed E-state index contributed by atoms with van der Waals surface area (Å²) in [5.41, 5.74) is 39.4. The Hall–Kier alpha value is -4.11. The molecule has 0 saturated heterocycles. The Bertz CT molecular complexity index is 1210. The molecular formula is C36H73N13O7. The van der Waals surface area contributed by atoms with Gasteiger partial charge in [-0.1, -0.05) is 20.3 Å². The lowest BCUT2D eigenvalue weighted by Crippen LogP contribution is -2.60. The molecule has 324 valence electrons. The average molecular weight is 800 g/mol. The maximum atomic E-state index is 13.9. The van der Waals surface area contributed by atoms with Crippen LogP contribution in [0.4, 0.5) is 0 Å². The Kier molecular flexibility index (Phi) is 28.8. The zero-order chi connectivity index (χ0) is 42.5. The number of carboxylic acid groups (broad SMARTS) is 1. The van der Waals surface area contributed by atoms with Crippen molar-refractivity contribution in [1.29, 1.82) is 0 Å². The molecule has 0 aromatic heterocycles. The van der Waals surface area contributed by atoms with Gasteiger partial charge >= 0.3 is 5.97 Å². The highest BCUT2D eigenvalue weighted by Gasteiger charge is 2.34. The van der Waals surface area contributed by atoms with E-state index in [4.69, 9.17) is 40.1 Å². The molecule has 5 amide bonds. The van der Waals surface area contributed by atoms with Crippen LogP contribution in [0.2, 0.25) is 0 Å². The molecule has 0 bridgehead atoms. The molecular weight excluding hydrogens is 726 g/mol. The molecule has 0 rings (SSSR count). The van der Waals surface area contributed by atoms with E-state index in [-0.39, 0.29) is 50.5 Å². The first-order valence-corrected chi connectivity index (χ1v) is 20.0. The summed E-state index contributed by atoms with van der Waals surface area (Å²) in [7, 11) is 0. The first-order valence-electron chi connectivity index (χ1n) is 20.0. The normalized spacial score (nSPS) is 14.8. The quantitative estimate of drug-likeness (QED) is 0.0185. The van der Waals surface area contributed by atoms with E-state index in [1.807, 2.05) is 6.92 Å². The Morgan fingerprint density at radius 2 is 0.911 bits per heavy atom. The molecule has 0 radical (unpaired) electrons. The van der Waals surface area contributed by atoms with Crippen LogP contribution in [0.25, 0.3) is 0 Å². The predicted molar refractivity (Wildman–Crippen MR) is 216 cm³/mol. The van der Waals surface area contributed by atoms with Crippen molar-refractivity contribution in [3.63, 3.8) is 0 Å². The SMILES string of the molecule is CCC(C)C(NC(=O)C(N)CCCN=C(N)N)C(=O)NC(CCCCN)C(=O)NC(CCCCN)C(=O)NC(CCCCN)C(=O)NC(CCCCN)C(=O)O. The summed E-state index contributed by atoms with van der Waals surface area (Å²) in [6.07, 6.45) is 6.03. The van der Waals surface area contributed by atoms with E-state index >= 15 is 0 Å². The van der Waals surface area contributed by atoms with Gasteiger partial charge in [0.05, 0.1) is 6.04 Å². The number of guanidine groups is 1. The van der Waals surface area contributed by atoms with Crippen molar-refractivity contribution in [2.45, 2.75) is 146 Å². The van der Waals surface area contributed by atoms with Crippen molar-refractivity contribution in [2.75, 3.05) is 32.7 Å². The number of rotatable bonds is 33. The number of carboxylic acids is 1. The van der Waals surface area contributed by atoms with Crippen molar-refractivity contribution in [2.24, 2.45) is 51.0 Å². The number of hydrogen-bond donors (Lipinski definition) is 13. The molecule has 56 heavy (non-hydrogen) atoms. The molecule has 20 N–H and O–H groups in total. The van der Waals surface area contributed by atoms with Gasteiger partial charge < -0.3 is 71.8 Å². The molecule has 0 aromatic rings. The van der Waals surface area contributed by atoms with Crippen LogP contribution in [0.15, 0.2) is 4.99 Å². The highest BCUT2D eigenvalue weighted by Crippen LogP contribution is 2.12. The Morgan fingerprint density at radius 1 is 0.536 bits per heavy atom. The number of carbonyl (C=O) groups excluding carboxylic acids is 5. The standard InChI is InChI=1S/C36H73N13O7/c1-3-23(2)29(49-30(50)24(41)13-12-22-44-36(42)43)34(54)47-27(16-6-10-20-39)32(52)45-25(14-4-8-18-37)31(51)46-26(15-5-9-19-38)33(53)48-28(35(55)56)17-7-11-21-40/h23-29H,3-22,37-41H2,1-2H3,(H,45,52)(H,46,51)(H,47,54)(H,48,53)(H,49,50)(H,55,56)(H4,42,43,44). The number of aliphatic imine (C=N–C) groups is 1. The van der Waals surface area contributed by atoms with E-state index in [1.165, 1.54) is 0 Å². The second-order valence-electron chi connectivity index (χ2n) is 14.1. The van der Waals surface area contributed by atoms with Gasteiger partial charge in [0.2, 0.25) is 29.5 Å². The van der Waals surface area contributed by atoms with E-state index in [1.54, 1.807) is 6.92 Å². The molecule has 0 aromatic carbocycles. The number of carbonyl (C=O) groups is 6. The summed E-state index contributed by atoms with van der Waals surface area (Å²) in [4.78, 5) is 83.7. The largest absolute Gasteiger partial charge is 0.480 e. The maximum absolute atomic E-state index is 13.9. The molecule has 0 heterocycles. The van der Waals surface area contributed by atoms with Crippen LogP contribution < -0.4 is 66.7 Å². The molecule has 0 aliphatic rings. The number of aliphatic carboxylic acids is 1. The molecule has 0 aliphatic heterocycles. The van der Waals surface area contributed by atoms with E-state index < -0.39 is 71.8 Å². The molecule has 7 atom stereocenters. The summed E-state index contributed by atoms with van der Waals surface area (Å²) in [5.74, 6) is -4.77. The fourth-order valence-corrected chi connectivity index (χ4v) is 5.73. The summed E-state index contributed by atoms with van der Waals surface area (Å²) in [6.45, 7) is 5.34. The molecule has 7 unspecified atom stereocenters. The second kappa shape index (κ2) is 31.0. The number of nitrogens with one attached hydrogen (secondary N) is 5. The highest BCUT2D eigenvalue weighted by molar-refractivity contribution is 5.96. The minimum absolute atomic E-state index is 0.0741. The van der Waals surface area contributed by atoms with E-state index in [9.17, 15) is 33.9 Å². The van der Waals surface area contributed by atoms with Gasteiger partial charge in [0.1, 0.15) is 30.2 Å². The van der Waals surface area contributed by atoms with Crippen molar-refractivity contribution in [3.05, 3.63) is 0 Å². The van der Waals surface area contributed by atoms with Gasteiger partial charge in [-0.05, 0) is 122 Å². The first-order chi connectivity index (χ1) is 26.7. The lowest BCUT2D eigenvalue weighted by molar-refractivity contribution is -0.142. The smallest absolute Gasteiger partial charge is 0.326 e. The molecule has 20 heteroatoms. The highest BCUT2D eigenvalue weighted by atomic mass is 16.4. The van der Waals surface area contributed by atoms with Crippen LogP contribution in [-0.2, 0) is 28.8 Å². The van der Waals surface area contributed by atoms with Crippen molar-refractivity contribution in [1.82, 2.24) is 26.6 Å². The Balaban J connectivity index is 6.22. The fraction of sp³-hybridized carbons (Fsp3) is 0.806. The third-order valence-electron chi connectivity index (χ3n) is 9.40. The topological polar surface area (TPSA) is 377 Å². The molecule has 0 aliphatic carbocycles. The van der Waals surface area contributed by atoms with Crippen molar-refractivity contribution in [3.8, 4) is 0 Å². The number of hydrogen-bond acceptors (Lipinski definition) is 12. The zero-order valence-corrected chi connectivity index (χ0v) is 33.6. The molecule has 0 saturated carbocycles. The lowest BCUT2D eigenvalue weighted by Gasteiger charge is -2.29. The van der Waals surface area contributed by atoms with Crippen molar-refractivity contribution < 1.29 is 33.9 Å². The van der Waals surface area contributed by atoms with Gasteiger partial charge in [-0.3, -0.25) is 29.0 Å². The van der Waals surface area contributed by atoms with Crippen LogP contribution in [0, 0.1) is 5.92 Å². The Labute approximate surface area is 331 Å². The predicted octanol–water partition coefficient (Wildman–Crippen LogP) is -2.56. The second-order valence-corrected chi connectivity index (χ2v) is 14.1. The summed E-state index contributed by atoms with van der Waals surface area (Å²) in [6, 6.07) is -6.50. The average Bonchev–Trinajstić information content (AvgIpc) is 3.16. The van der Waals surface area contributed by atoms with E-state index in [0.717, 1.165) is 0 Å². The lowest BCUT2D eigenvalue weighted by atomic mass is 9.96. The third kappa shape index (κ3) is 22.4. The minimum Gasteiger partial charge on any atom is -0.480 e. The van der Waals surface area contributed by atoms with Crippen LogP contribution in [-0.4, -0.2) is 116 Å². The van der Waals surface area contributed by atoms with Crippen LogP contribution in [0.5, 0.6) is 0 Å². The van der Waals surface area contributed by atoms with Crippen LogP contribution in [0.1, 0.15) is 110 Å². The van der Waals surface area contributed by atoms with Gasteiger partial charge in [0.15, 0.2) is 5.96 Å². The molecule has 20 nitrogen and oxygen atoms in total. The Morgan fingerprint density at radius 3 is 1.27 bits per heavy atom. The summed E-state index contributed by atoms with van der Waals surface area (Å²) in [5, 5.41) is 23.2.